The first-order valence-corrected chi connectivity index (χ1v) is 6.39. The van der Waals surface area contributed by atoms with Crippen LogP contribution in [-0.4, -0.2) is 18.7 Å². The van der Waals surface area contributed by atoms with Gasteiger partial charge in [-0.15, -0.1) is 0 Å². The zero-order valence-corrected chi connectivity index (χ0v) is 10.3. The molecule has 0 aliphatic heterocycles. The molecule has 0 bridgehead atoms. The summed E-state index contributed by atoms with van der Waals surface area (Å²) in [5.74, 6) is 0.521. The van der Waals surface area contributed by atoms with Crippen LogP contribution in [0.2, 0.25) is 0 Å². The largest absolute Gasteiger partial charge is 0.491 e. The Bertz CT molecular complexity index is 335. The zero-order chi connectivity index (χ0) is 12.1. The molecule has 1 aliphatic carbocycles. The van der Waals surface area contributed by atoms with E-state index in [1.54, 1.807) is 12.1 Å². The molecule has 1 aromatic carbocycles. The first kappa shape index (κ1) is 12.4. The van der Waals surface area contributed by atoms with Crippen LogP contribution in [0.4, 0.5) is 4.39 Å². The van der Waals surface area contributed by atoms with Gasteiger partial charge in [-0.1, -0.05) is 0 Å². The molecule has 94 valence electrons. The third-order valence-corrected chi connectivity index (χ3v) is 2.95. The standard InChI is InChI=1S/C14H20FNO/c1-11(3-2-10-16-13-6-7-13)17-14-8-4-12(15)5-9-14/h4-5,8-9,11,13,16H,2-3,6-7,10H2,1H3. The fourth-order valence-electron chi connectivity index (χ4n) is 1.79. The molecule has 1 unspecified atom stereocenters. The van der Waals surface area contributed by atoms with E-state index in [0.29, 0.717) is 0 Å². The highest BCUT2D eigenvalue weighted by molar-refractivity contribution is 5.22. The molecule has 3 heteroatoms. The summed E-state index contributed by atoms with van der Waals surface area (Å²) < 4.78 is 18.4. The van der Waals surface area contributed by atoms with E-state index in [2.05, 4.69) is 12.2 Å². The molecule has 1 fully saturated rings. The van der Waals surface area contributed by atoms with Crippen LogP contribution in [0.5, 0.6) is 5.75 Å². The van der Waals surface area contributed by atoms with Crippen molar-refractivity contribution in [2.24, 2.45) is 0 Å². The van der Waals surface area contributed by atoms with Gasteiger partial charge in [0.25, 0.3) is 0 Å². The third kappa shape index (κ3) is 4.73. The second kappa shape index (κ2) is 6.01. The molecule has 1 aliphatic rings. The molecular formula is C14H20FNO. The molecule has 0 saturated heterocycles. The van der Waals surface area contributed by atoms with Crippen molar-refractivity contribution in [2.45, 2.75) is 44.8 Å². The number of nitrogens with one attached hydrogen (secondary N) is 1. The van der Waals surface area contributed by atoms with Gasteiger partial charge in [-0.3, -0.25) is 0 Å². The van der Waals surface area contributed by atoms with Crippen molar-refractivity contribution in [1.29, 1.82) is 0 Å². The summed E-state index contributed by atoms with van der Waals surface area (Å²) >= 11 is 0. The number of hydrogen-bond donors (Lipinski definition) is 1. The number of hydrogen-bond acceptors (Lipinski definition) is 2. The number of benzene rings is 1. The summed E-state index contributed by atoms with van der Waals surface area (Å²) in [7, 11) is 0. The summed E-state index contributed by atoms with van der Waals surface area (Å²) in [6, 6.07) is 6.99. The van der Waals surface area contributed by atoms with Gasteiger partial charge in [-0.2, -0.15) is 0 Å². The molecule has 2 nitrogen and oxygen atoms in total. The Labute approximate surface area is 102 Å². The van der Waals surface area contributed by atoms with Crippen LogP contribution in [0.3, 0.4) is 0 Å². The van der Waals surface area contributed by atoms with Crippen LogP contribution in [0.1, 0.15) is 32.6 Å². The molecule has 2 rings (SSSR count). The van der Waals surface area contributed by atoms with E-state index in [9.17, 15) is 4.39 Å². The fraction of sp³-hybridized carbons (Fsp3) is 0.571. The lowest BCUT2D eigenvalue weighted by Gasteiger charge is -2.14. The SMILES string of the molecule is CC(CCCNC1CC1)Oc1ccc(F)cc1. The average Bonchev–Trinajstić information content (AvgIpc) is 3.12. The lowest BCUT2D eigenvalue weighted by Crippen LogP contribution is -2.20. The van der Waals surface area contributed by atoms with Crippen LogP contribution < -0.4 is 10.1 Å². The van der Waals surface area contributed by atoms with Crippen LogP contribution >= 0.6 is 0 Å². The minimum Gasteiger partial charge on any atom is -0.491 e. The fourth-order valence-corrected chi connectivity index (χ4v) is 1.79. The van der Waals surface area contributed by atoms with E-state index in [4.69, 9.17) is 4.74 Å². The minimum atomic E-state index is -0.223. The van der Waals surface area contributed by atoms with Gasteiger partial charge in [0.05, 0.1) is 6.10 Å². The molecule has 0 radical (unpaired) electrons. The van der Waals surface area contributed by atoms with Crippen molar-refractivity contribution < 1.29 is 9.13 Å². The second-order valence-electron chi connectivity index (χ2n) is 4.75. The van der Waals surface area contributed by atoms with E-state index >= 15 is 0 Å². The maximum absolute atomic E-state index is 12.7. The van der Waals surface area contributed by atoms with E-state index in [-0.39, 0.29) is 11.9 Å². The second-order valence-corrected chi connectivity index (χ2v) is 4.75. The van der Waals surface area contributed by atoms with Gasteiger partial charge < -0.3 is 10.1 Å². The molecule has 1 atom stereocenters. The smallest absolute Gasteiger partial charge is 0.123 e. The minimum absolute atomic E-state index is 0.182. The highest BCUT2D eigenvalue weighted by Gasteiger charge is 2.19. The normalized spacial score (nSPS) is 16.8. The van der Waals surface area contributed by atoms with Crippen LogP contribution in [0.25, 0.3) is 0 Å². The summed E-state index contributed by atoms with van der Waals surface area (Å²) in [5, 5.41) is 3.48. The van der Waals surface area contributed by atoms with Crippen molar-refractivity contribution in [3.63, 3.8) is 0 Å². The summed E-state index contributed by atoms with van der Waals surface area (Å²) in [6.07, 6.45) is 5.00. The zero-order valence-electron chi connectivity index (χ0n) is 10.3. The summed E-state index contributed by atoms with van der Waals surface area (Å²) in [6.45, 7) is 3.13. The van der Waals surface area contributed by atoms with Gasteiger partial charge in [0.15, 0.2) is 0 Å². The summed E-state index contributed by atoms with van der Waals surface area (Å²) in [4.78, 5) is 0. The third-order valence-electron chi connectivity index (χ3n) is 2.95. The molecule has 1 aromatic rings. The molecule has 1 N–H and O–H groups in total. The Morgan fingerprint density at radius 2 is 2.06 bits per heavy atom. The molecule has 0 heterocycles. The van der Waals surface area contributed by atoms with E-state index in [1.165, 1.54) is 25.0 Å². The van der Waals surface area contributed by atoms with E-state index in [1.807, 2.05) is 0 Å². The van der Waals surface area contributed by atoms with Gasteiger partial charge >= 0.3 is 0 Å². The van der Waals surface area contributed by atoms with Gasteiger partial charge in [0, 0.05) is 6.04 Å². The van der Waals surface area contributed by atoms with Crippen molar-refractivity contribution in [3.05, 3.63) is 30.1 Å². The van der Waals surface area contributed by atoms with Gasteiger partial charge in [0.1, 0.15) is 11.6 Å². The maximum atomic E-state index is 12.7. The Hall–Kier alpha value is -1.09. The molecule has 17 heavy (non-hydrogen) atoms. The number of halogens is 1. The highest BCUT2D eigenvalue weighted by Crippen LogP contribution is 2.19. The van der Waals surface area contributed by atoms with Crippen LogP contribution in [0.15, 0.2) is 24.3 Å². The molecule has 0 aromatic heterocycles. The highest BCUT2D eigenvalue weighted by atomic mass is 19.1. The monoisotopic (exact) mass is 237 g/mol. The lowest BCUT2D eigenvalue weighted by atomic mass is 10.2. The van der Waals surface area contributed by atoms with Crippen molar-refractivity contribution in [1.82, 2.24) is 5.32 Å². The Morgan fingerprint density at radius 1 is 1.35 bits per heavy atom. The predicted octanol–water partition coefficient (Wildman–Crippen LogP) is 3.13. The van der Waals surface area contributed by atoms with Crippen molar-refractivity contribution in [2.75, 3.05) is 6.54 Å². The van der Waals surface area contributed by atoms with Crippen LogP contribution in [0, 0.1) is 5.82 Å². The van der Waals surface area contributed by atoms with E-state index in [0.717, 1.165) is 31.2 Å². The van der Waals surface area contributed by atoms with Crippen molar-refractivity contribution >= 4 is 0 Å². The topological polar surface area (TPSA) is 21.3 Å². The Balaban J connectivity index is 1.61. The Morgan fingerprint density at radius 3 is 2.71 bits per heavy atom. The van der Waals surface area contributed by atoms with Crippen molar-refractivity contribution in [3.8, 4) is 5.75 Å². The summed E-state index contributed by atoms with van der Waals surface area (Å²) in [5.41, 5.74) is 0. The molecule has 0 spiro atoms. The van der Waals surface area contributed by atoms with E-state index < -0.39 is 0 Å². The Kier molecular flexibility index (Phi) is 4.37. The molecule has 0 amide bonds. The number of rotatable bonds is 7. The molecular weight excluding hydrogens is 217 g/mol. The first-order chi connectivity index (χ1) is 8.24. The average molecular weight is 237 g/mol. The predicted molar refractivity (Wildman–Crippen MR) is 66.7 cm³/mol. The van der Waals surface area contributed by atoms with Gasteiger partial charge in [-0.05, 0) is 63.4 Å². The first-order valence-electron chi connectivity index (χ1n) is 6.39. The van der Waals surface area contributed by atoms with Crippen LogP contribution in [-0.2, 0) is 0 Å². The lowest BCUT2D eigenvalue weighted by molar-refractivity contribution is 0.207. The van der Waals surface area contributed by atoms with Gasteiger partial charge in [-0.25, -0.2) is 4.39 Å². The molecule has 1 saturated carbocycles. The number of ether oxygens (including phenoxy) is 1. The maximum Gasteiger partial charge on any atom is 0.123 e. The van der Waals surface area contributed by atoms with Gasteiger partial charge in [0.2, 0.25) is 0 Å². The quantitative estimate of drug-likeness (QED) is 0.736.